The van der Waals surface area contributed by atoms with Gasteiger partial charge in [0.05, 0.1) is 6.10 Å². The molecule has 15 heavy (non-hydrogen) atoms. The first kappa shape index (κ1) is 14.5. The van der Waals surface area contributed by atoms with Gasteiger partial charge in [-0.05, 0) is 26.2 Å². The van der Waals surface area contributed by atoms with Crippen molar-refractivity contribution in [3.63, 3.8) is 0 Å². The molecule has 1 atom stereocenters. The van der Waals surface area contributed by atoms with Crippen LogP contribution in [0, 0.1) is 0 Å². The fourth-order valence-corrected chi connectivity index (χ4v) is 1.54. The van der Waals surface area contributed by atoms with Crippen molar-refractivity contribution in [1.29, 1.82) is 0 Å². The van der Waals surface area contributed by atoms with E-state index in [1.807, 2.05) is 6.92 Å². The van der Waals surface area contributed by atoms with Gasteiger partial charge in [0.1, 0.15) is 0 Å². The molecule has 0 rings (SSSR count). The van der Waals surface area contributed by atoms with E-state index in [0.717, 1.165) is 25.7 Å². The summed E-state index contributed by atoms with van der Waals surface area (Å²) in [6.07, 6.45) is 8.56. The van der Waals surface area contributed by atoms with Crippen LogP contribution in [0.25, 0.3) is 0 Å². The van der Waals surface area contributed by atoms with Gasteiger partial charge in [0, 0.05) is 6.42 Å². The Labute approximate surface area is 94.4 Å². The first-order chi connectivity index (χ1) is 7.20. The fourth-order valence-electron chi connectivity index (χ4n) is 1.54. The van der Waals surface area contributed by atoms with Gasteiger partial charge >= 0.3 is 5.97 Å². The van der Waals surface area contributed by atoms with E-state index in [9.17, 15) is 4.79 Å². The normalized spacial score (nSPS) is 12.5. The summed E-state index contributed by atoms with van der Waals surface area (Å²) in [7, 11) is 0. The Morgan fingerprint density at radius 3 is 2.27 bits per heavy atom. The second-order valence-electron chi connectivity index (χ2n) is 4.25. The van der Waals surface area contributed by atoms with Crippen LogP contribution in [0.3, 0.4) is 0 Å². The van der Waals surface area contributed by atoms with Crippen molar-refractivity contribution in [2.24, 2.45) is 0 Å². The topological polar surface area (TPSA) is 26.3 Å². The number of ether oxygens (including phenoxy) is 1. The standard InChI is InChI=1S/C13H26O2/c1-4-6-8-10-12(3)15-13(14)11-9-7-5-2/h12H,4-11H2,1-3H3. The molecule has 0 spiro atoms. The van der Waals surface area contributed by atoms with E-state index in [4.69, 9.17) is 4.74 Å². The summed E-state index contributed by atoms with van der Waals surface area (Å²) in [5, 5.41) is 0. The van der Waals surface area contributed by atoms with Crippen LogP contribution in [0.15, 0.2) is 0 Å². The summed E-state index contributed by atoms with van der Waals surface area (Å²) in [6.45, 7) is 6.31. The highest BCUT2D eigenvalue weighted by molar-refractivity contribution is 5.69. The lowest BCUT2D eigenvalue weighted by Gasteiger charge is -2.12. The van der Waals surface area contributed by atoms with E-state index in [1.54, 1.807) is 0 Å². The van der Waals surface area contributed by atoms with Crippen LogP contribution in [0.4, 0.5) is 0 Å². The monoisotopic (exact) mass is 214 g/mol. The molecule has 0 radical (unpaired) electrons. The van der Waals surface area contributed by atoms with E-state index in [-0.39, 0.29) is 12.1 Å². The Morgan fingerprint density at radius 2 is 1.67 bits per heavy atom. The lowest BCUT2D eigenvalue weighted by atomic mass is 10.1. The van der Waals surface area contributed by atoms with Gasteiger partial charge in [-0.3, -0.25) is 4.79 Å². The smallest absolute Gasteiger partial charge is 0.306 e. The SMILES string of the molecule is CCCCCC(=O)OC(C)CCCCC. The largest absolute Gasteiger partial charge is 0.463 e. The molecule has 0 saturated carbocycles. The first-order valence-corrected chi connectivity index (χ1v) is 6.40. The summed E-state index contributed by atoms with van der Waals surface area (Å²) < 4.78 is 5.30. The van der Waals surface area contributed by atoms with Crippen LogP contribution in [0.5, 0.6) is 0 Å². The number of carbonyl (C=O) groups excluding carboxylic acids is 1. The van der Waals surface area contributed by atoms with E-state index >= 15 is 0 Å². The van der Waals surface area contributed by atoms with Gasteiger partial charge in [0.2, 0.25) is 0 Å². The van der Waals surface area contributed by atoms with E-state index in [2.05, 4.69) is 13.8 Å². The van der Waals surface area contributed by atoms with Crippen LogP contribution in [-0.4, -0.2) is 12.1 Å². The van der Waals surface area contributed by atoms with Gasteiger partial charge in [0.25, 0.3) is 0 Å². The van der Waals surface area contributed by atoms with Crippen molar-refractivity contribution in [2.45, 2.75) is 78.2 Å². The van der Waals surface area contributed by atoms with Gasteiger partial charge in [-0.2, -0.15) is 0 Å². The third-order valence-electron chi connectivity index (χ3n) is 2.53. The number of esters is 1. The Kier molecular flexibility index (Phi) is 9.65. The molecule has 0 aliphatic carbocycles. The third kappa shape index (κ3) is 9.77. The molecule has 0 fully saturated rings. The molecule has 2 heteroatoms. The summed E-state index contributed by atoms with van der Waals surface area (Å²) in [5.74, 6) is -0.0209. The van der Waals surface area contributed by atoms with Gasteiger partial charge in [-0.1, -0.05) is 39.5 Å². The van der Waals surface area contributed by atoms with Crippen molar-refractivity contribution >= 4 is 5.97 Å². The summed E-state index contributed by atoms with van der Waals surface area (Å²) in [6, 6.07) is 0. The molecule has 0 saturated heterocycles. The molecular formula is C13H26O2. The molecule has 0 heterocycles. The Bertz CT molecular complexity index is 155. The molecule has 0 aromatic carbocycles. The van der Waals surface area contributed by atoms with Gasteiger partial charge in [-0.15, -0.1) is 0 Å². The molecule has 0 aliphatic rings. The quantitative estimate of drug-likeness (QED) is 0.427. The second-order valence-corrected chi connectivity index (χ2v) is 4.25. The zero-order chi connectivity index (χ0) is 11.5. The van der Waals surface area contributed by atoms with Crippen LogP contribution in [-0.2, 0) is 9.53 Å². The highest BCUT2D eigenvalue weighted by Crippen LogP contribution is 2.08. The first-order valence-electron chi connectivity index (χ1n) is 6.40. The lowest BCUT2D eigenvalue weighted by molar-refractivity contribution is -0.148. The number of unbranched alkanes of at least 4 members (excludes halogenated alkanes) is 4. The molecule has 0 amide bonds. The van der Waals surface area contributed by atoms with Gasteiger partial charge < -0.3 is 4.74 Å². The van der Waals surface area contributed by atoms with Crippen LogP contribution < -0.4 is 0 Å². The summed E-state index contributed by atoms with van der Waals surface area (Å²) in [4.78, 5) is 11.3. The lowest BCUT2D eigenvalue weighted by Crippen LogP contribution is -2.14. The zero-order valence-corrected chi connectivity index (χ0v) is 10.6. The minimum Gasteiger partial charge on any atom is -0.463 e. The molecule has 0 aromatic rings. The molecule has 90 valence electrons. The number of carbonyl (C=O) groups is 1. The maximum absolute atomic E-state index is 11.3. The summed E-state index contributed by atoms with van der Waals surface area (Å²) in [5.41, 5.74) is 0. The Balaban J connectivity index is 3.40. The number of hydrogen-bond donors (Lipinski definition) is 0. The predicted octanol–water partition coefficient (Wildman–Crippen LogP) is 4.08. The minimum absolute atomic E-state index is 0.0209. The Morgan fingerprint density at radius 1 is 1.07 bits per heavy atom. The van der Waals surface area contributed by atoms with Crippen molar-refractivity contribution in [1.82, 2.24) is 0 Å². The molecule has 0 aliphatic heterocycles. The van der Waals surface area contributed by atoms with Crippen LogP contribution >= 0.6 is 0 Å². The minimum atomic E-state index is -0.0209. The predicted molar refractivity (Wildman–Crippen MR) is 63.8 cm³/mol. The van der Waals surface area contributed by atoms with Crippen LogP contribution in [0.1, 0.15) is 72.1 Å². The van der Waals surface area contributed by atoms with Crippen molar-refractivity contribution in [2.75, 3.05) is 0 Å². The zero-order valence-electron chi connectivity index (χ0n) is 10.6. The molecule has 2 nitrogen and oxygen atoms in total. The van der Waals surface area contributed by atoms with E-state index in [0.29, 0.717) is 6.42 Å². The average Bonchev–Trinajstić information content (AvgIpc) is 2.18. The molecule has 1 unspecified atom stereocenters. The highest BCUT2D eigenvalue weighted by Gasteiger charge is 2.08. The van der Waals surface area contributed by atoms with E-state index in [1.165, 1.54) is 19.3 Å². The molecule has 0 bridgehead atoms. The van der Waals surface area contributed by atoms with Crippen molar-refractivity contribution in [3.05, 3.63) is 0 Å². The summed E-state index contributed by atoms with van der Waals surface area (Å²) >= 11 is 0. The van der Waals surface area contributed by atoms with Crippen molar-refractivity contribution < 1.29 is 9.53 Å². The molecule has 0 N–H and O–H groups in total. The average molecular weight is 214 g/mol. The molecule has 0 aromatic heterocycles. The van der Waals surface area contributed by atoms with Crippen molar-refractivity contribution in [3.8, 4) is 0 Å². The highest BCUT2D eigenvalue weighted by atomic mass is 16.5. The number of hydrogen-bond acceptors (Lipinski definition) is 2. The number of rotatable bonds is 9. The fraction of sp³-hybridized carbons (Fsp3) is 0.923. The molecular weight excluding hydrogens is 188 g/mol. The third-order valence-corrected chi connectivity index (χ3v) is 2.53. The second kappa shape index (κ2) is 10.0. The Hall–Kier alpha value is -0.530. The maximum Gasteiger partial charge on any atom is 0.306 e. The van der Waals surface area contributed by atoms with E-state index < -0.39 is 0 Å². The van der Waals surface area contributed by atoms with Gasteiger partial charge in [-0.25, -0.2) is 0 Å². The van der Waals surface area contributed by atoms with Crippen LogP contribution in [0.2, 0.25) is 0 Å². The van der Waals surface area contributed by atoms with Gasteiger partial charge in [0.15, 0.2) is 0 Å². The maximum atomic E-state index is 11.3.